The van der Waals surface area contributed by atoms with Crippen molar-refractivity contribution >= 4 is 24.3 Å². The quantitative estimate of drug-likeness (QED) is 0.543. The van der Waals surface area contributed by atoms with Crippen LogP contribution in [0.25, 0.3) is 0 Å². The zero-order valence-corrected chi connectivity index (χ0v) is 18.4. The monoisotopic (exact) mass is 401 g/mol. The minimum absolute atomic E-state index is 0.161. The lowest BCUT2D eigenvalue weighted by atomic mass is 9.79. The van der Waals surface area contributed by atoms with E-state index >= 15 is 0 Å². The second-order valence-electron chi connectivity index (χ2n) is 9.20. The van der Waals surface area contributed by atoms with Crippen LogP contribution in [-0.2, 0) is 9.31 Å². The zero-order valence-electron chi connectivity index (χ0n) is 18.4. The van der Waals surface area contributed by atoms with Gasteiger partial charge in [-0.25, -0.2) is 4.79 Å². The highest BCUT2D eigenvalue weighted by molar-refractivity contribution is 6.62. The molecule has 0 saturated carbocycles. The highest BCUT2D eigenvalue weighted by Gasteiger charge is 2.51. The summed E-state index contributed by atoms with van der Waals surface area (Å²) in [5, 5.41) is 5.83. The van der Waals surface area contributed by atoms with Crippen molar-refractivity contribution < 1.29 is 14.1 Å². The van der Waals surface area contributed by atoms with E-state index in [9.17, 15) is 4.79 Å². The summed E-state index contributed by atoms with van der Waals surface area (Å²) in [5.74, 6) is 0. The van der Waals surface area contributed by atoms with Crippen LogP contribution in [0.2, 0.25) is 0 Å². The molecular formula is C22H36BN3O3. The number of nitrogens with one attached hydrogen (secondary N) is 2. The lowest BCUT2D eigenvalue weighted by Crippen LogP contribution is -2.41. The van der Waals surface area contributed by atoms with E-state index in [1.165, 1.54) is 32.4 Å². The summed E-state index contributed by atoms with van der Waals surface area (Å²) in [6.45, 7) is 12.5. The largest absolute Gasteiger partial charge is 0.494 e. The molecule has 2 heterocycles. The average Bonchev–Trinajstić information content (AvgIpc) is 2.90. The predicted octanol–water partition coefficient (Wildman–Crippen LogP) is 3.37. The standard InChI is InChI=1S/C22H36BN3O3/c1-21(2)22(3,4)29-23(28-21)18-10-12-19(13-11-18)25-20(27)24-14-6-9-17-26-15-7-5-8-16-26/h10-13H,5-9,14-17H2,1-4H3,(H2,24,25,27). The molecule has 0 spiro atoms. The Hall–Kier alpha value is -1.57. The molecule has 0 unspecified atom stereocenters. The van der Waals surface area contributed by atoms with Gasteiger partial charge in [-0.2, -0.15) is 0 Å². The number of unbranched alkanes of at least 4 members (excludes halogenated alkanes) is 1. The smallest absolute Gasteiger partial charge is 0.399 e. The van der Waals surface area contributed by atoms with E-state index in [4.69, 9.17) is 9.31 Å². The summed E-state index contributed by atoms with van der Waals surface area (Å²) >= 11 is 0. The first-order valence-electron chi connectivity index (χ1n) is 11.0. The molecule has 3 rings (SSSR count). The maximum absolute atomic E-state index is 12.1. The van der Waals surface area contributed by atoms with E-state index in [0.29, 0.717) is 6.54 Å². The lowest BCUT2D eigenvalue weighted by Gasteiger charge is -2.32. The second-order valence-corrected chi connectivity index (χ2v) is 9.20. The van der Waals surface area contributed by atoms with Crippen molar-refractivity contribution in [3.8, 4) is 0 Å². The van der Waals surface area contributed by atoms with E-state index in [0.717, 1.165) is 30.5 Å². The normalized spacial score (nSPS) is 21.2. The van der Waals surface area contributed by atoms with Gasteiger partial charge in [0.2, 0.25) is 0 Å². The number of urea groups is 1. The highest BCUT2D eigenvalue weighted by Crippen LogP contribution is 2.36. The molecule has 1 aromatic rings. The van der Waals surface area contributed by atoms with Crippen LogP contribution in [0.15, 0.2) is 24.3 Å². The molecule has 6 nitrogen and oxygen atoms in total. The van der Waals surface area contributed by atoms with E-state index in [-0.39, 0.29) is 24.4 Å². The Bertz CT molecular complexity index is 656. The average molecular weight is 401 g/mol. The summed E-state index contributed by atoms with van der Waals surface area (Å²) in [4.78, 5) is 14.6. The number of hydrogen-bond acceptors (Lipinski definition) is 4. The number of amides is 2. The Morgan fingerprint density at radius 3 is 2.24 bits per heavy atom. The second kappa shape index (κ2) is 9.50. The van der Waals surface area contributed by atoms with Crippen LogP contribution >= 0.6 is 0 Å². The minimum atomic E-state index is -0.386. The summed E-state index contributed by atoms with van der Waals surface area (Å²) in [6, 6.07) is 7.49. The number of rotatable bonds is 7. The summed E-state index contributed by atoms with van der Waals surface area (Å²) < 4.78 is 12.1. The molecule has 160 valence electrons. The molecule has 1 aromatic carbocycles. The third kappa shape index (κ3) is 5.97. The van der Waals surface area contributed by atoms with Gasteiger partial charge < -0.3 is 24.8 Å². The molecule has 0 aromatic heterocycles. The van der Waals surface area contributed by atoms with Crippen LogP contribution in [0.4, 0.5) is 10.5 Å². The molecule has 2 N–H and O–H groups in total. The topological polar surface area (TPSA) is 62.8 Å². The summed E-state index contributed by atoms with van der Waals surface area (Å²) in [7, 11) is -0.386. The summed E-state index contributed by atoms with van der Waals surface area (Å²) in [5.41, 5.74) is 0.994. The Morgan fingerprint density at radius 1 is 1.00 bits per heavy atom. The first-order chi connectivity index (χ1) is 13.8. The van der Waals surface area contributed by atoms with Gasteiger partial charge in [0.25, 0.3) is 0 Å². The van der Waals surface area contributed by atoms with Crippen LogP contribution < -0.4 is 16.1 Å². The van der Waals surface area contributed by atoms with Gasteiger partial charge in [-0.15, -0.1) is 0 Å². The van der Waals surface area contributed by atoms with Gasteiger partial charge in [-0.1, -0.05) is 18.6 Å². The molecule has 0 aliphatic carbocycles. The fourth-order valence-electron chi connectivity index (χ4n) is 3.72. The Morgan fingerprint density at radius 2 is 1.62 bits per heavy atom. The van der Waals surface area contributed by atoms with Gasteiger partial charge in [0.1, 0.15) is 0 Å². The van der Waals surface area contributed by atoms with E-state index in [2.05, 4.69) is 15.5 Å². The number of nitrogens with zero attached hydrogens (tertiary/aromatic N) is 1. The van der Waals surface area contributed by atoms with Crippen molar-refractivity contribution in [2.75, 3.05) is 31.5 Å². The molecule has 2 aliphatic rings. The molecule has 2 fully saturated rings. The highest BCUT2D eigenvalue weighted by atomic mass is 16.7. The number of carbonyl (C=O) groups excluding carboxylic acids is 1. The molecular weight excluding hydrogens is 365 g/mol. The van der Waals surface area contributed by atoms with E-state index in [1.54, 1.807) is 0 Å². The van der Waals surface area contributed by atoms with Gasteiger partial charge >= 0.3 is 13.1 Å². The first-order valence-corrected chi connectivity index (χ1v) is 11.0. The van der Waals surface area contributed by atoms with Gasteiger partial charge in [-0.3, -0.25) is 0 Å². The van der Waals surface area contributed by atoms with Crippen LogP contribution in [0.1, 0.15) is 59.8 Å². The van der Waals surface area contributed by atoms with Crippen molar-refractivity contribution in [2.45, 2.75) is 71.0 Å². The van der Waals surface area contributed by atoms with E-state index < -0.39 is 0 Å². The Kier molecular flexibility index (Phi) is 7.25. The lowest BCUT2D eigenvalue weighted by molar-refractivity contribution is 0.00578. The van der Waals surface area contributed by atoms with Crippen LogP contribution in [0.3, 0.4) is 0 Å². The maximum Gasteiger partial charge on any atom is 0.494 e. The van der Waals surface area contributed by atoms with Crippen LogP contribution in [0.5, 0.6) is 0 Å². The molecule has 0 radical (unpaired) electrons. The fourth-order valence-corrected chi connectivity index (χ4v) is 3.72. The molecule has 2 amide bonds. The number of benzene rings is 1. The predicted molar refractivity (Wildman–Crippen MR) is 119 cm³/mol. The maximum atomic E-state index is 12.1. The molecule has 7 heteroatoms. The van der Waals surface area contributed by atoms with Crippen molar-refractivity contribution in [2.24, 2.45) is 0 Å². The number of piperidine rings is 1. The first kappa shape index (κ1) is 22.1. The van der Waals surface area contributed by atoms with Crippen molar-refractivity contribution in [1.29, 1.82) is 0 Å². The number of hydrogen-bond donors (Lipinski definition) is 2. The van der Waals surface area contributed by atoms with Crippen molar-refractivity contribution in [3.05, 3.63) is 24.3 Å². The minimum Gasteiger partial charge on any atom is -0.399 e. The summed E-state index contributed by atoms with van der Waals surface area (Å²) in [6.07, 6.45) is 6.16. The molecule has 29 heavy (non-hydrogen) atoms. The Balaban J connectivity index is 1.36. The van der Waals surface area contributed by atoms with E-state index in [1.807, 2.05) is 52.0 Å². The number of anilines is 1. The van der Waals surface area contributed by atoms with Crippen molar-refractivity contribution in [1.82, 2.24) is 10.2 Å². The third-order valence-corrected chi connectivity index (χ3v) is 6.33. The zero-order chi connectivity index (χ0) is 20.9. The SMILES string of the molecule is CC1(C)OB(c2ccc(NC(=O)NCCCCN3CCCCC3)cc2)OC1(C)C. The van der Waals surface area contributed by atoms with Gasteiger partial charge in [0.05, 0.1) is 11.2 Å². The van der Waals surface area contributed by atoms with Gasteiger partial charge in [-0.05, 0) is 90.6 Å². The number of carbonyl (C=O) groups is 1. The molecule has 0 bridgehead atoms. The molecule has 0 atom stereocenters. The molecule has 2 saturated heterocycles. The van der Waals surface area contributed by atoms with Gasteiger partial charge in [0, 0.05) is 12.2 Å². The molecule has 2 aliphatic heterocycles. The van der Waals surface area contributed by atoms with Crippen LogP contribution in [-0.4, -0.2) is 55.4 Å². The van der Waals surface area contributed by atoms with Crippen molar-refractivity contribution in [3.63, 3.8) is 0 Å². The van der Waals surface area contributed by atoms with Crippen LogP contribution in [0, 0.1) is 0 Å². The third-order valence-electron chi connectivity index (χ3n) is 6.33. The van der Waals surface area contributed by atoms with Gasteiger partial charge in [0.15, 0.2) is 0 Å². The fraction of sp³-hybridized carbons (Fsp3) is 0.682. The Labute approximate surface area is 175 Å². The number of likely N-dealkylation sites (tertiary alicyclic amines) is 1.